The van der Waals surface area contributed by atoms with Crippen LogP contribution < -0.4 is 0 Å². The molecule has 5 nitrogen and oxygen atoms in total. The zero-order chi connectivity index (χ0) is 13.9. The van der Waals surface area contributed by atoms with Crippen LogP contribution in [0.25, 0.3) is 10.9 Å². The highest BCUT2D eigenvalue weighted by Gasteiger charge is 2.46. The second-order valence-electron chi connectivity index (χ2n) is 5.70. The van der Waals surface area contributed by atoms with Gasteiger partial charge in [-0.3, -0.25) is 4.79 Å². The summed E-state index contributed by atoms with van der Waals surface area (Å²) in [6.07, 6.45) is 2.86. The van der Waals surface area contributed by atoms with Crippen molar-refractivity contribution in [2.75, 3.05) is 13.1 Å². The standard InChI is InChI=1S/C15H14N2O3/c18-14(17-6-8-4-9(8)7-17)11-5-16-12-3-1-2-10(13(11)12)15(19)20/h1-3,5,8-9,16H,4,6-7H2,(H,19,20). The number of amides is 1. The SMILES string of the molecule is O=C(O)c1cccc2[nH]cc(C(=O)N3CC4CC4C3)c12. The summed E-state index contributed by atoms with van der Waals surface area (Å²) in [4.78, 5) is 28.8. The number of likely N-dealkylation sites (tertiary alicyclic amines) is 1. The van der Waals surface area contributed by atoms with Gasteiger partial charge < -0.3 is 15.0 Å². The van der Waals surface area contributed by atoms with E-state index >= 15 is 0 Å². The van der Waals surface area contributed by atoms with Gasteiger partial charge in [0.2, 0.25) is 0 Å². The molecule has 20 heavy (non-hydrogen) atoms. The van der Waals surface area contributed by atoms with Crippen LogP contribution >= 0.6 is 0 Å². The maximum atomic E-state index is 12.6. The number of carbonyl (C=O) groups is 2. The van der Waals surface area contributed by atoms with E-state index < -0.39 is 5.97 Å². The molecule has 0 spiro atoms. The maximum absolute atomic E-state index is 12.6. The fraction of sp³-hybridized carbons (Fsp3) is 0.333. The van der Waals surface area contributed by atoms with Gasteiger partial charge in [-0.05, 0) is 30.4 Å². The molecule has 2 unspecified atom stereocenters. The zero-order valence-corrected chi connectivity index (χ0v) is 10.8. The van der Waals surface area contributed by atoms with Crippen LogP contribution in [0.1, 0.15) is 27.1 Å². The molecule has 4 rings (SSSR count). The number of hydrogen-bond donors (Lipinski definition) is 2. The number of hydrogen-bond acceptors (Lipinski definition) is 2. The number of carboxylic acids is 1. The molecule has 1 amide bonds. The van der Waals surface area contributed by atoms with Crippen molar-refractivity contribution in [1.29, 1.82) is 0 Å². The highest BCUT2D eigenvalue weighted by molar-refractivity contribution is 6.14. The summed E-state index contributed by atoms with van der Waals surface area (Å²) in [5.41, 5.74) is 1.34. The second-order valence-corrected chi connectivity index (χ2v) is 5.70. The molecule has 1 saturated carbocycles. The first kappa shape index (κ1) is 11.5. The van der Waals surface area contributed by atoms with E-state index in [0.29, 0.717) is 28.3 Å². The van der Waals surface area contributed by atoms with Crippen LogP contribution in [0.3, 0.4) is 0 Å². The van der Waals surface area contributed by atoms with Crippen LogP contribution in [-0.2, 0) is 0 Å². The molecule has 2 atom stereocenters. The van der Waals surface area contributed by atoms with Crippen LogP contribution in [0.15, 0.2) is 24.4 Å². The number of piperidine rings is 1. The van der Waals surface area contributed by atoms with Gasteiger partial charge in [0, 0.05) is 30.2 Å². The first-order valence-corrected chi connectivity index (χ1v) is 6.78. The minimum atomic E-state index is -1.01. The van der Waals surface area contributed by atoms with E-state index in [0.717, 1.165) is 13.1 Å². The predicted molar refractivity (Wildman–Crippen MR) is 72.8 cm³/mol. The second kappa shape index (κ2) is 3.85. The summed E-state index contributed by atoms with van der Waals surface area (Å²) >= 11 is 0. The molecule has 0 radical (unpaired) electrons. The van der Waals surface area contributed by atoms with Crippen molar-refractivity contribution in [2.24, 2.45) is 11.8 Å². The molecule has 5 heteroatoms. The smallest absolute Gasteiger partial charge is 0.336 e. The fourth-order valence-electron chi connectivity index (χ4n) is 3.27. The van der Waals surface area contributed by atoms with E-state index in [1.165, 1.54) is 12.5 Å². The fourth-order valence-corrected chi connectivity index (χ4v) is 3.27. The van der Waals surface area contributed by atoms with E-state index in [1.54, 1.807) is 18.3 Å². The Morgan fingerprint density at radius 1 is 1.20 bits per heavy atom. The number of aromatic nitrogens is 1. The zero-order valence-electron chi connectivity index (χ0n) is 10.8. The number of carbonyl (C=O) groups excluding carboxylic acids is 1. The van der Waals surface area contributed by atoms with Gasteiger partial charge in [-0.2, -0.15) is 0 Å². The van der Waals surface area contributed by atoms with E-state index in [1.807, 2.05) is 4.90 Å². The van der Waals surface area contributed by atoms with Crippen LogP contribution in [0, 0.1) is 11.8 Å². The Labute approximate surface area is 115 Å². The number of rotatable bonds is 2. The Balaban J connectivity index is 1.79. The summed E-state index contributed by atoms with van der Waals surface area (Å²) in [7, 11) is 0. The van der Waals surface area contributed by atoms with E-state index in [-0.39, 0.29) is 11.5 Å². The number of benzene rings is 1. The third-order valence-corrected chi connectivity index (χ3v) is 4.43. The summed E-state index contributed by atoms with van der Waals surface area (Å²) in [5.74, 6) is 0.275. The van der Waals surface area contributed by atoms with Crippen molar-refractivity contribution in [3.05, 3.63) is 35.5 Å². The monoisotopic (exact) mass is 270 g/mol. The molecule has 0 bridgehead atoms. The van der Waals surface area contributed by atoms with Crippen LogP contribution in [-0.4, -0.2) is 40.0 Å². The normalized spacial score (nSPS) is 23.9. The number of H-pyrrole nitrogens is 1. The molecule has 1 saturated heterocycles. The van der Waals surface area contributed by atoms with Crippen LogP contribution in [0.5, 0.6) is 0 Å². The molecule has 1 aliphatic heterocycles. The first-order valence-electron chi connectivity index (χ1n) is 6.78. The minimum Gasteiger partial charge on any atom is -0.478 e. The number of nitrogens with one attached hydrogen (secondary N) is 1. The average molecular weight is 270 g/mol. The number of fused-ring (bicyclic) bond motifs is 2. The van der Waals surface area contributed by atoms with Gasteiger partial charge in [0.15, 0.2) is 0 Å². The van der Waals surface area contributed by atoms with E-state index in [9.17, 15) is 14.7 Å². The van der Waals surface area contributed by atoms with Crippen LogP contribution in [0.2, 0.25) is 0 Å². The van der Waals surface area contributed by atoms with Crippen molar-refractivity contribution < 1.29 is 14.7 Å². The van der Waals surface area contributed by atoms with Gasteiger partial charge in [-0.1, -0.05) is 6.07 Å². The van der Waals surface area contributed by atoms with Crippen LogP contribution in [0.4, 0.5) is 0 Å². The quantitative estimate of drug-likeness (QED) is 0.876. The molecule has 1 aromatic carbocycles. The molecule has 2 aromatic rings. The predicted octanol–water partition coefficient (Wildman–Crippen LogP) is 1.96. The Bertz CT molecular complexity index is 724. The van der Waals surface area contributed by atoms with Gasteiger partial charge in [0.25, 0.3) is 5.91 Å². The summed E-state index contributed by atoms with van der Waals surface area (Å²) < 4.78 is 0. The Kier molecular flexibility index (Phi) is 2.22. The van der Waals surface area contributed by atoms with Gasteiger partial charge in [0.05, 0.1) is 11.1 Å². The third-order valence-electron chi connectivity index (χ3n) is 4.43. The van der Waals surface area contributed by atoms with Gasteiger partial charge in [-0.15, -0.1) is 0 Å². The number of aromatic amines is 1. The summed E-state index contributed by atoms with van der Waals surface area (Å²) in [5, 5.41) is 9.80. The Hall–Kier alpha value is -2.30. The lowest BCUT2D eigenvalue weighted by Crippen LogP contribution is -2.30. The lowest BCUT2D eigenvalue weighted by molar-refractivity contribution is 0.0699. The van der Waals surface area contributed by atoms with Crippen molar-refractivity contribution in [1.82, 2.24) is 9.88 Å². The van der Waals surface area contributed by atoms with Gasteiger partial charge >= 0.3 is 5.97 Å². The number of aromatic carboxylic acids is 1. The highest BCUT2D eigenvalue weighted by Crippen LogP contribution is 2.45. The van der Waals surface area contributed by atoms with Crippen molar-refractivity contribution in [3.63, 3.8) is 0 Å². The van der Waals surface area contributed by atoms with Gasteiger partial charge in [-0.25, -0.2) is 4.79 Å². The Morgan fingerprint density at radius 3 is 2.65 bits per heavy atom. The summed E-state index contributed by atoms with van der Waals surface area (Å²) in [6, 6.07) is 5.01. The maximum Gasteiger partial charge on any atom is 0.336 e. The van der Waals surface area contributed by atoms with Crippen molar-refractivity contribution >= 4 is 22.8 Å². The van der Waals surface area contributed by atoms with Crippen molar-refractivity contribution in [3.8, 4) is 0 Å². The van der Waals surface area contributed by atoms with E-state index in [2.05, 4.69) is 4.98 Å². The van der Waals surface area contributed by atoms with E-state index in [4.69, 9.17) is 0 Å². The highest BCUT2D eigenvalue weighted by atomic mass is 16.4. The molecule has 2 aliphatic rings. The number of carboxylic acid groups (broad SMARTS) is 1. The summed E-state index contributed by atoms with van der Waals surface area (Å²) in [6.45, 7) is 1.62. The lowest BCUT2D eigenvalue weighted by atomic mass is 10.1. The molecule has 2 fully saturated rings. The Morgan fingerprint density at radius 2 is 1.95 bits per heavy atom. The number of nitrogens with zero attached hydrogens (tertiary/aromatic N) is 1. The molecule has 102 valence electrons. The molecular formula is C15H14N2O3. The molecule has 2 N–H and O–H groups in total. The van der Waals surface area contributed by atoms with Gasteiger partial charge in [0.1, 0.15) is 0 Å². The first-order chi connectivity index (χ1) is 9.65. The lowest BCUT2D eigenvalue weighted by Gasteiger charge is -2.17. The minimum absolute atomic E-state index is 0.0582. The average Bonchev–Trinajstić information content (AvgIpc) is 2.89. The molecule has 1 aliphatic carbocycles. The largest absolute Gasteiger partial charge is 0.478 e. The third kappa shape index (κ3) is 1.56. The van der Waals surface area contributed by atoms with Crippen molar-refractivity contribution in [2.45, 2.75) is 6.42 Å². The molecule has 2 heterocycles. The molecular weight excluding hydrogens is 256 g/mol. The topological polar surface area (TPSA) is 73.4 Å². The molecule has 1 aromatic heterocycles.